The molecule has 1 atom stereocenters. The summed E-state index contributed by atoms with van der Waals surface area (Å²) >= 11 is 1.41. The number of rotatable bonds is 4. The number of benzene rings is 2. The first-order chi connectivity index (χ1) is 11.0. The number of hydrogen-bond acceptors (Lipinski definition) is 4. The molecule has 2 rings (SSSR count). The molecule has 0 unspecified atom stereocenters. The Morgan fingerprint density at radius 1 is 1.09 bits per heavy atom. The van der Waals surface area contributed by atoms with E-state index < -0.39 is 5.91 Å². The number of phenols is 1. The van der Waals surface area contributed by atoms with Crippen LogP contribution in [0.3, 0.4) is 0 Å². The molecule has 0 fully saturated rings. The van der Waals surface area contributed by atoms with Crippen LogP contribution in [0.5, 0.6) is 5.75 Å². The highest BCUT2D eigenvalue weighted by Gasteiger charge is 2.15. The molecule has 5 nitrogen and oxygen atoms in total. The van der Waals surface area contributed by atoms with E-state index in [2.05, 4.69) is 10.9 Å². The van der Waals surface area contributed by atoms with E-state index in [1.165, 1.54) is 23.9 Å². The molecule has 0 heterocycles. The van der Waals surface area contributed by atoms with Gasteiger partial charge in [-0.1, -0.05) is 23.8 Å². The molecule has 0 aliphatic carbocycles. The molecule has 2 aromatic carbocycles. The van der Waals surface area contributed by atoms with Gasteiger partial charge in [0.05, 0.1) is 5.25 Å². The van der Waals surface area contributed by atoms with Crippen molar-refractivity contribution in [1.82, 2.24) is 10.9 Å². The summed E-state index contributed by atoms with van der Waals surface area (Å²) < 4.78 is 0. The van der Waals surface area contributed by atoms with Gasteiger partial charge in [0.2, 0.25) is 0 Å². The fourth-order valence-electron chi connectivity index (χ4n) is 1.81. The SMILES string of the molecule is Cc1ccc(S[C@H](C)C(=O)NNC(=O)c2cccc(O)c2)cc1. The lowest BCUT2D eigenvalue weighted by Crippen LogP contribution is -2.44. The Morgan fingerprint density at radius 3 is 2.43 bits per heavy atom. The van der Waals surface area contributed by atoms with Crippen LogP contribution in [0.2, 0.25) is 0 Å². The van der Waals surface area contributed by atoms with E-state index in [0.717, 1.165) is 10.5 Å². The van der Waals surface area contributed by atoms with E-state index in [1.54, 1.807) is 19.1 Å². The second-order valence-corrected chi connectivity index (χ2v) is 6.48. The summed E-state index contributed by atoms with van der Waals surface area (Å²) in [7, 11) is 0. The van der Waals surface area contributed by atoms with Gasteiger partial charge in [-0.3, -0.25) is 20.4 Å². The van der Waals surface area contributed by atoms with Crippen molar-refractivity contribution in [3.8, 4) is 5.75 Å². The number of hydrogen-bond donors (Lipinski definition) is 3. The molecule has 3 N–H and O–H groups in total. The van der Waals surface area contributed by atoms with Crippen molar-refractivity contribution in [2.24, 2.45) is 0 Å². The topological polar surface area (TPSA) is 78.4 Å². The summed E-state index contributed by atoms with van der Waals surface area (Å²) in [6.07, 6.45) is 0. The van der Waals surface area contributed by atoms with E-state index in [9.17, 15) is 14.7 Å². The molecule has 0 aromatic heterocycles. The molecule has 2 aromatic rings. The molecule has 0 saturated heterocycles. The molecule has 2 amide bonds. The number of nitrogens with one attached hydrogen (secondary N) is 2. The number of aryl methyl sites for hydroxylation is 1. The van der Waals surface area contributed by atoms with Gasteiger partial charge in [-0.2, -0.15) is 0 Å². The van der Waals surface area contributed by atoms with E-state index in [0.29, 0.717) is 0 Å². The molecule has 0 radical (unpaired) electrons. The predicted molar refractivity (Wildman–Crippen MR) is 90.2 cm³/mol. The van der Waals surface area contributed by atoms with Gasteiger partial charge in [0.25, 0.3) is 11.8 Å². The summed E-state index contributed by atoms with van der Waals surface area (Å²) in [4.78, 5) is 24.9. The molecule has 0 saturated carbocycles. The largest absolute Gasteiger partial charge is 0.508 e. The number of carbonyl (C=O) groups is 2. The minimum Gasteiger partial charge on any atom is -0.508 e. The zero-order valence-electron chi connectivity index (χ0n) is 12.9. The Morgan fingerprint density at radius 2 is 1.78 bits per heavy atom. The second kappa shape index (κ2) is 7.69. The quantitative estimate of drug-likeness (QED) is 0.595. The van der Waals surface area contributed by atoms with Crippen LogP contribution in [0.1, 0.15) is 22.8 Å². The third-order valence-corrected chi connectivity index (χ3v) is 4.22. The zero-order chi connectivity index (χ0) is 16.8. The fourth-order valence-corrected chi connectivity index (χ4v) is 2.68. The molecule has 120 valence electrons. The van der Waals surface area contributed by atoms with Crippen molar-refractivity contribution in [1.29, 1.82) is 0 Å². The normalized spacial score (nSPS) is 11.6. The molecule has 0 bridgehead atoms. The van der Waals surface area contributed by atoms with Crippen molar-refractivity contribution in [3.05, 3.63) is 59.7 Å². The zero-order valence-corrected chi connectivity index (χ0v) is 13.7. The Kier molecular flexibility index (Phi) is 5.65. The third-order valence-electron chi connectivity index (χ3n) is 3.11. The van der Waals surface area contributed by atoms with Gasteiger partial charge in [-0.15, -0.1) is 11.8 Å². The number of amides is 2. The van der Waals surface area contributed by atoms with Crippen molar-refractivity contribution < 1.29 is 14.7 Å². The van der Waals surface area contributed by atoms with E-state index in [4.69, 9.17) is 0 Å². The van der Waals surface area contributed by atoms with Crippen LogP contribution in [0.25, 0.3) is 0 Å². The van der Waals surface area contributed by atoms with Gasteiger partial charge in [0.15, 0.2) is 0 Å². The number of aromatic hydroxyl groups is 1. The number of phenolic OH excluding ortho intramolecular Hbond substituents is 1. The van der Waals surface area contributed by atoms with Crippen LogP contribution in [-0.4, -0.2) is 22.2 Å². The van der Waals surface area contributed by atoms with Crippen LogP contribution in [0, 0.1) is 6.92 Å². The van der Waals surface area contributed by atoms with Gasteiger partial charge < -0.3 is 5.11 Å². The lowest BCUT2D eigenvalue weighted by Gasteiger charge is -2.13. The molecule has 23 heavy (non-hydrogen) atoms. The van der Waals surface area contributed by atoms with Crippen molar-refractivity contribution in [3.63, 3.8) is 0 Å². The first-order valence-corrected chi connectivity index (χ1v) is 7.96. The highest BCUT2D eigenvalue weighted by atomic mass is 32.2. The van der Waals surface area contributed by atoms with Gasteiger partial charge in [-0.25, -0.2) is 0 Å². The average molecular weight is 330 g/mol. The highest BCUT2D eigenvalue weighted by molar-refractivity contribution is 8.00. The highest BCUT2D eigenvalue weighted by Crippen LogP contribution is 2.23. The molecular formula is C17H18N2O3S. The van der Waals surface area contributed by atoms with Crippen molar-refractivity contribution in [2.45, 2.75) is 24.0 Å². The summed E-state index contributed by atoms with van der Waals surface area (Å²) in [6, 6.07) is 13.8. The monoisotopic (exact) mass is 330 g/mol. The minimum atomic E-state index is -0.484. The molecular weight excluding hydrogens is 312 g/mol. The third kappa shape index (κ3) is 5.03. The van der Waals surface area contributed by atoms with Crippen molar-refractivity contribution >= 4 is 23.6 Å². The maximum Gasteiger partial charge on any atom is 0.269 e. The summed E-state index contributed by atoms with van der Waals surface area (Å²) in [5.74, 6) is -0.793. The van der Waals surface area contributed by atoms with Crippen LogP contribution >= 0.6 is 11.8 Å². The van der Waals surface area contributed by atoms with Gasteiger partial charge in [0.1, 0.15) is 5.75 Å². The van der Waals surface area contributed by atoms with Crippen LogP contribution in [-0.2, 0) is 4.79 Å². The van der Waals surface area contributed by atoms with Crippen molar-refractivity contribution in [2.75, 3.05) is 0 Å². The van der Waals surface area contributed by atoms with E-state index >= 15 is 0 Å². The second-order valence-electron chi connectivity index (χ2n) is 5.07. The maximum atomic E-state index is 12.0. The van der Waals surface area contributed by atoms with Crippen LogP contribution < -0.4 is 10.9 Å². The van der Waals surface area contributed by atoms with Crippen LogP contribution in [0.15, 0.2) is 53.4 Å². The molecule has 0 aliphatic heterocycles. The Hall–Kier alpha value is -2.47. The van der Waals surface area contributed by atoms with Crippen LogP contribution in [0.4, 0.5) is 0 Å². The summed E-state index contributed by atoms with van der Waals surface area (Å²) in [5.41, 5.74) is 6.15. The van der Waals surface area contributed by atoms with Gasteiger partial charge in [0, 0.05) is 10.5 Å². The van der Waals surface area contributed by atoms with Gasteiger partial charge in [-0.05, 0) is 44.2 Å². The lowest BCUT2D eigenvalue weighted by atomic mass is 10.2. The summed E-state index contributed by atoms with van der Waals surface area (Å²) in [6.45, 7) is 3.77. The Balaban J connectivity index is 1.86. The first-order valence-electron chi connectivity index (χ1n) is 7.08. The van der Waals surface area contributed by atoms with E-state index in [1.807, 2.05) is 31.2 Å². The standard InChI is InChI=1S/C17H18N2O3S/c1-11-6-8-15(9-7-11)23-12(2)16(21)18-19-17(22)13-4-3-5-14(20)10-13/h3-10,12,20H,1-2H3,(H,18,21)(H,19,22)/t12-/m1/s1. The lowest BCUT2D eigenvalue weighted by molar-refractivity contribution is -0.121. The molecule has 0 spiro atoms. The van der Waals surface area contributed by atoms with Gasteiger partial charge >= 0.3 is 0 Å². The number of hydrazine groups is 1. The Bertz CT molecular complexity index is 701. The maximum absolute atomic E-state index is 12.0. The summed E-state index contributed by atoms with van der Waals surface area (Å²) in [5, 5.41) is 8.98. The smallest absolute Gasteiger partial charge is 0.269 e. The average Bonchev–Trinajstić information content (AvgIpc) is 2.54. The Labute approximate surface area is 139 Å². The number of thioether (sulfide) groups is 1. The number of carbonyl (C=O) groups excluding carboxylic acids is 2. The van der Waals surface area contributed by atoms with E-state index in [-0.39, 0.29) is 22.5 Å². The minimum absolute atomic E-state index is 0.00716. The predicted octanol–water partition coefficient (Wildman–Crippen LogP) is 2.64. The molecule has 0 aliphatic rings. The fraction of sp³-hybridized carbons (Fsp3) is 0.176. The first kappa shape index (κ1) is 16.9. The molecule has 6 heteroatoms.